The molecule has 0 aliphatic heterocycles. The maximum absolute atomic E-state index is 6.35. The van der Waals surface area contributed by atoms with Crippen LogP contribution in [0.5, 0.6) is 0 Å². The number of hydrogen-bond donors (Lipinski definition) is 0. The zero-order valence-electron chi connectivity index (χ0n) is 26.5. The van der Waals surface area contributed by atoms with E-state index >= 15 is 0 Å². The molecule has 0 aliphatic rings. The molecular weight excluding hydrogens is 597 g/mol. The molecule has 0 radical (unpaired) electrons. The Balaban J connectivity index is 1.13. The van der Waals surface area contributed by atoms with Gasteiger partial charge in [-0.3, -0.25) is 0 Å². The molecule has 0 spiro atoms. The second-order valence-corrected chi connectivity index (χ2v) is 12.6. The molecule has 0 amide bonds. The third kappa shape index (κ3) is 4.67. The summed E-state index contributed by atoms with van der Waals surface area (Å²) in [5.41, 5.74) is 10.2. The molecule has 49 heavy (non-hydrogen) atoms. The second kappa shape index (κ2) is 11.0. The van der Waals surface area contributed by atoms with Gasteiger partial charge in [0, 0.05) is 27.3 Å². The largest absolute Gasteiger partial charge is 0.436 e. The normalized spacial score (nSPS) is 11.7. The van der Waals surface area contributed by atoms with Crippen LogP contribution in [-0.2, 0) is 0 Å². The highest BCUT2D eigenvalue weighted by Gasteiger charge is 2.18. The highest BCUT2D eigenvalue weighted by atomic mass is 16.3. The minimum Gasteiger partial charge on any atom is -0.436 e. The summed E-state index contributed by atoms with van der Waals surface area (Å²) >= 11 is 0. The van der Waals surface area contributed by atoms with Gasteiger partial charge in [-0.05, 0) is 98.4 Å². The standard InChI is InChI=1S/C46H28N2O/c1-3-10-30(11-4-1)44-39-22-24-42-45(48-46(49-42)31-12-5-2-6-13-31)43(39)40-28-38(21-23-41(40)47-44)37-20-19-35-26-34(17-18-36(35)27-37)33-16-15-29-9-7-8-14-32(29)25-33/h1-28H. The Bertz CT molecular complexity index is 2870. The summed E-state index contributed by atoms with van der Waals surface area (Å²) < 4.78 is 6.35. The zero-order chi connectivity index (χ0) is 32.3. The van der Waals surface area contributed by atoms with Crippen LogP contribution in [0.25, 0.3) is 99.3 Å². The van der Waals surface area contributed by atoms with E-state index in [4.69, 9.17) is 14.4 Å². The van der Waals surface area contributed by atoms with E-state index < -0.39 is 0 Å². The first-order valence-corrected chi connectivity index (χ1v) is 16.6. The Kier molecular flexibility index (Phi) is 6.18. The Morgan fingerprint density at radius 1 is 0.367 bits per heavy atom. The maximum Gasteiger partial charge on any atom is 0.227 e. The highest BCUT2D eigenvalue weighted by molar-refractivity contribution is 6.21. The Morgan fingerprint density at radius 2 is 0.918 bits per heavy atom. The molecule has 2 heterocycles. The van der Waals surface area contributed by atoms with Gasteiger partial charge in [-0.15, -0.1) is 0 Å². The van der Waals surface area contributed by atoms with Gasteiger partial charge in [0.2, 0.25) is 5.89 Å². The molecule has 0 saturated heterocycles. The van der Waals surface area contributed by atoms with E-state index in [1.165, 1.54) is 32.7 Å². The van der Waals surface area contributed by atoms with Crippen LogP contribution in [0.2, 0.25) is 0 Å². The Hall–Kier alpha value is -6.58. The van der Waals surface area contributed by atoms with Gasteiger partial charge in [-0.2, -0.15) is 0 Å². The van der Waals surface area contributed by atoms with Crippen LogP contribution < -0.4 is 0 Å². The lowest BCUT2D eigenvalue weighted by atomic mass is 9.94. The van der Waals surface area contributed by atoms with Crippen LogP contribution in [-0.4, -0.2) is 9.97 Å². The lowest BCUT2D eigenvalue weighted by molar-refractivity contribution is 0.620. The summed E-state index contributed by atoms with van der Waals surface area (Å²) in [5.74, 6) is 0.614. The van der Waals surface area contributed by atoms with Crippen LogP contribution in [0.3, 0.4) is 0 Å². The lowest BCUT2D eigenvalue weighted by Crippen LogP contribution is -1.91. The molecule has 0 fully saturated rings. The molecule has 0 atom stereocenters. The minimum absolute atomic E-state index is 0.614. The predicted molar refractivity (Wildman–Crippen MR) is 204 cm³/mol. The number of aromatic nitrogens is 2. The van der Waals surface area contributed by atoms with E-state index in [1.54, 1.807) is 0 Å². The summed E-state index contributed by atoms with van der Waals surface area (Å²) in [6.07, 6.45) is 0. The topological polar surface area (TPSA) is 38.9 Å². The third-order valence-electron chi connectivity index (χ3n) is 9.64. The van der Waals surface area contributed by atoms with Gasteiger partial charge >= 0.3 is 0 Å². The number of rotatable bonds is 4. The summed E-state index contributed by atoms with van der Waals surface area (Å²) in [6.45, 7) is 0. The second-order valence-electron chi connectivity index (χ2n) is 12.6. The van der Waals surface area contributed by atoms with Gasteiger partial charge in [0.05, 0.1) is 11.2 Å². The van der Waals surface area contributed by atoms with E-state index in [0.717, 1.165) is 60.7 Å². The van der Waals surface area contributed by atoms with Crippen molar-refractivity contribution in [1.29, 1.82) is 0 Å². The number of benzene rings is 8. The van der Waals surface area contributed by atoms with Gasteiger partial charge in [-0.25, -0.2) is 9.97 Å². The first-order chi connectivity index (χ1) is 24.2. The van der Waals surface area contributed by atoms with Crippen molar-refractivity contribution in [1.82, 2.24) is 9.97 Å². The van der Waals surface area contributed by atoms with Gasteiger partial charge in [0.25, 0.3) is 0 Å². The van der Waals surface area contributed by atoms with Crippen molar-refractivity contribution in [3.05, 3.63) is 170 Å². The summed E-state index contributed by atoms with van der Waals surface area (Å²) in [6, 6.07) is 59.9. The van der Waals surface area contributed by atoms with Crippen molar-refractivity contribution < 1.29 is 4.42 Å². The molecule has 0 unspecified atom stereocenters. The smallest absolute Gasteiger partial charge is 0.227 e. The summed E-state index contributed by atoms with van der Waals surface area (Å²) in [7, 11) is 0. The lowest BCUT2D eigenvalue weighted by Gasteiger charge is -2.12. The number of hydrogen-bond acceptors (Lipinski definition) is 3. The minimum atomic E-state index is 0.614. The Morgan fingerprint density at radius 3 is 1.61 bits per heavy atom. The molecule has 3 heteroatoms. The fraction of sp³-hybridized carbons (Fsp3) is 0. The van der Waals surface area contributed by atoms with E-state index in [1.807, 2.05) is 42.5 Å². The molecule has 0 aliphatic carbocycles. The van der Waals surface area contributed by atoms with Gasteiger partial charge < -0.3 is 4.42 Å². The fourth-order valence-electron chi connectivity index (χ4n) is 7.15. The molecule has 2 aromatic heterocycles. The molecule has 8 aromatic carbocycles. The van der Waals surface area contributed by atoms with Crippen molar-refractivity contribution in [2.24, 2.45) is 0 Å². The fourth-order valence-corrected chi connectivity index (χ4v) is 7.15. The molecule has 0 N–H and O–H groups in total. The monoisotopic (exact) mass is 624 g/mol. The first kappa shape index (κ1) is 27.5. The van der Waals surface area contributed by atoms with Gasteiger partial charge in [0.1, 0.15) is 5.52 Å². The number of oxazole rings is 1. The van der Waals surface area contributed by atoms with E-state index in [2.05, 4.69) is 127 Å². The Labute approximate surface area is 282 Å². The van der Waals surface area contributed by atoms with Crippen molar-refractivity contribution in [3.8, 4) is 45.0 Å². The average molecular weight is 625 g/mol. The number of pyridine rings is 1. The van der Waals surface area contributed by atoms with E-state index in [9.17, 15) is 0 Å². The molecule has 10 aromatic rings. The summed E-state index contributed by atoms with van der Waals surface area (Å²) in [5, 5.41) is 8.09. The van der Waals surface area contributed by atoms with Crippen molar-refractivity contribution in [3.63, 3.8) is 0 Å². The molecule has 0 saturated carbocycles. The van der Waals surface area contributed by atoms with Crippen LogP contribution in [0.4, 0.5) is 0 Å². The van der Waals surface area contributed by atoms with Crippen LogP contribution in [0, 0.1) is 0 Å². The van der Waals surface area contributed by atoms with Crippen molar-refractivity contribution in [2.45, 2.75) is 0 Å². The quantitative estimate of drug-likeness (QED) is 0.183. The molecule has 228 valence electrons. The van der Waals surface area contributed by atoms with Gasteiger partial charge in [0.15, 0.2) is 5.58 Å². The molecule has 0 bridgehead atoms. The van der Waals surface area contributed by atoms with Crippen LogP contribution in [0.1, 0.15) is 0 Å². The SMILES string of the molecule is c1ccc(-c2nc3c(ccc4c(-c5ccccc5)nc5ccc(-c6ccc7cc(-c8ccc9ccccc9c8)ccc7c6)cc5c43)o2)cc1. The maximum atomic E-state index is 6.35. The molecule has 3 nitrogen and oxygen atoms in total. The summed E-state index contributed by atoms with van der Waals surface area (Å²) in [4.78, 5) is 10.3. The first-order valence-electron chi connectivity index (χ1n) is 16.6. The third-order valence-corrected chi connectivity index (χ3v) is 9.64. The average Bonchev–Trinajstić information content (AvgIpc) is 3.62. The van der Waals surface area contributed by atoms with E-state index in [-0.39, 0.29) is 0 Å². The van der Waals surface area contributed by atoms with Crippen LogP contribution >= 0.6 is 0 Å². The zero-order valence-corrected chi connectivity index (χ0v) is 26.5. The predicted octanol–water partition coefficient (Wildman–Crippen LogP) is 12.5. The van der Waals surface area contributed by atoms with Crippen molar-refractivity contribution in [2.75, 3.05) is 0 Å². The number of fused-ring (bicyclic) bond motifs is 7. The van der Waals surface area contributed by atoms with Crippen molar-refractivity contribution >= 4 is 54.3 Å². The van der Waals surface area contributed by atoms with Crippen LogP contribution in [0.15, 0.2) is 174 Å². The molecule has 10 rings (SSSR count). The van der Waals surface area contributed by atoms with E-state index in [0.29, 0.717) is 5.89 Å². The highest BCUT2D eigenvalue weighted by Crippen LogP contribution is 2.40. The van der Waals surface area contributed by atoms with Gasteiger partial charge in [-0.1, -0.05) is 115 Å². The number of nitrogens with zero attached hydrogens (tertiary/aromatic N) is 2. The molecular formula is C46H28N2O.